The van der Waals surface area contributed by atoms with E-state index in [2.05, 4.69) is 11.4 Å². The third kappa shape index (κ3) is 2.45. The van der Waals surface area contributed by atoms with E-state index in [1.807, 2.05) is 54.6 Å². The fraction of sp³-hybridized carbons (Fsp3) is 0.273. The summed E-state index contributed by atoms with van der Waals surface area (Å²) in [6.45, 7) is 0. The van der Waals surface area contributed by atoms with Crippen molar-refractivity contribution in [3.05, 3.63) is 83.9 Å². The van der Waals surface area contributed by atoms with Gasteiger partial charge in [0, 0.05) is 17.4 Å². The monoisotopic (exact) mass is 347 g/mol. The van der Waals surface area contributed by atoms with Gasteiger partial charge in [-0.2, -0.15) is 0 Å². The maximum atomic E-state index is 13.0. The van der Waals surface area contributed by atoms with Gasteiger partial charge in [-0.1, -0.05) is 60.7 Å². The van der Waals surface area contributed by atoms with Crippen LogP contribution in [0.2, 0.25) is 0 Å². The van der Waals surface area contributed by atoms with Crippen LogP contribution in [0.1, 0.15) is 28.3 Å². The predicted octanol–water partition coefficient (Wildman–Crippen LogP) is 3.32. The maximum Gasteiger partial charge on any atom is 0.332 e. The number of amides is 1. The maximum absolute atomic E-state index is 13.0. The molecule has 4 atom stereocenters. The van der Waals surface area contributed by atoms with Crippen molar-refractivity contribution in [2.75, 3.05) is 7.11 Å². The van der Waals surface area contributed by atoms with Crippen LogP contribution in [-0.2, 0) is 9.53 Å². The summed E-state index contributed by atoms with van der Waals surface area (Å²) in [5, 5.41) is 3.07. The highest BCUT2D eigenvalue weighted by atomic mass is 16.5. The molecule has 1 amide bonds. The number of fused-ring (bicyclic) bond motifs is 2. The molecule has 1 saturated carbocycles. The molecule has 2 aliphatic carbocycles. The van der Waals surface area contributed by atoms with E-state index in [-0.39, 0.29) is 29.6 Å². The molecule has 4 heteroatoms. The number of allylic oxidation sites excluding steroid dienone is 1. The molecular weight excluding hydrogens is 326 g/mol. The Bertz CT molecular complexity index is 846. The van der Waals surface area contributed by atoms with Crippen LogP contribution in [0, 0.1) is 11.8 Å². The highest BCUT2D eigenvalue weighted by Crippen LogP contribution is 2.56. The lowest BCUT2D eigenvalue weighted by Crippen LogP contribution is -2.61. The van der Waals surface area contributed by atoms with Crippen LogP contribution in [0.25, 0.3) is 0 Å². The minimum absolute atomic E-state index is 0.0715. The molecule has 2 aromatic carbocycles. The summed E-state index contributed by atoms with van der Waals surface area (Å²) < 4.78 is 5.19. The topological polar surface area (TPSA) is 55.4 Å². The van der Waals surface area contributed by atoms with Gasteiger partial charge in [0.1, 0.15) is 0 Å². The SMILES string of the molecule is COC(=O)[C@@]1(NC(=O)c2ccccc2)[C@H]2C=C[C@H](C2)[C@@H]1c1ccccc1. The molecule has 0 aromatic heterocycles. The normalized spacial score (nSPS) is 28.7. The van der Waals surface area contributed by atoms with Crippen molar-refractivity contribution < 1.29 is 14.3 Å². The van der Waals surface area contributed by atoms with Gasteiger partial charge >= 0.3 is 5.97 Å². The van der Waals surface area contributed by atoms with Crippen LogP contribution in [-0.4, -0.2) is 24.5 Å². The van der Waals surface area contributed by atoms with Crippen LogP contribution in [0.4, 0.5) is 0 Å². The molecule has 2 bridgehead atoms. The summed E-state index contributed by atoms with van der Waals surface area (Å²) in [5.41, 5.74) is 0.500. The number of benzene rings is 2. The second-order valence-corrected chi connectivity index (χ2v) is 6.96. The lowest BCUT2D eigenvalue weighted by Gasteiger charge is -2.40. The first-order valence-corrected chi connectivity index (χ1v) is 8.86. The lowest BCUT2D eigenvalue weighted by atomic mass is 9.72. The largest absolute Gasteiger partial charge is 0.467 e. The molecule has 4 nitrogen and oxygen atoms in total. The molecule has 4 rings (SSSR count). The van der Waals surface area contributed by atoms with Gasteiger partial charge in [0.05, 0.1) is 7.11 Å². The first kappa shape index (κ1) is 16.6. The molecule has 26 heavy (non-hydrogen) atoms. The van der Waals surface area contributed by atoms with Crippen LogP contribution in [0.5, 0.6) is 0 Å². The van der Waals surface area contributed by atoms with Crippen molar-refractivity contribution in [1.29, 1.82) is 0 Å². The van der Waals surface area contributed by atoms with Crippen LogP contribution >= 0.6 is 0 Å². The van der Waals surface area contributed by atoms with Crippen LogP contribution in [0.3, 0.4) is 0 Å². The van der Waals surface area contributed by atoms with E-state index in [1.54, 1.807) is 12.1 Å². The minimum atomic E-state index is -1.08. The molecule has 1 fully saturated rings. The fourth-order valence-corrected chi connectivity index (χ4v) is 4.57. The quantitative estimate of drug-likeness (QED) is 0.682. The van der Waals surface area contributed by atoms with Crippen LogP contribution < -0.4 is 5.32 Å². The minimum Gasteiger partial charge on any atom is -0.467 e. The number of hydrogen-bond acceptors (Lipinski definition) is 3. The van der Waals surface area contributed by atoms with Crippen molar-refractivity contribution in [2.24, 2.45) is 11.8 Å². The summed E-state index contributed by atoms with van der Waals surface area (Å²) >= 11 is 0. The Labute approximate surface area is 152 Å². The van der Waals surface area contributed by atoms with E-state index < -0.39 is 5.54 Å². The standard InChI is InChI=1S/C22H21NO3/c1-26-21(25)22(23-20(24)16-10-6-3-7-11-16)18-13-12-17(14-18)19(22)15-8-4-2-5-9-15/h2-13,17-19H,14H2,1H3,(H,23,24)/t17-,18+,19+,22-/m1/s1. The highest BCUT2D eigenvalue weighted by Gasteiger charge is 2.62. The average molecular weight is 347 g/mol. The number of rotatable bonds is 4. The zero-order chi connectivity index (χ0) is 18.1. The summed E-state index contributed by atoms with van der Waals surface area (Å²) in [6, 6.07) is 18.9. The summed E-state index contributed by atoms with van der Waals surface area (Å²) in [6.07, 6.45) is 5.05. The van der Waals surface area contributed by atoms with Gasteiger partial charge in [-0.3, -0.25) is 4.79 Å². The number of carbonyl (C=O) groups excluding carboxylic acids is 2. The highest BCUT2D eigenvalue weighted by molar-refractivity contribution is 5.99. The van der Waals surface area contributed by atoms with Crippen molar-refractivity contribution in [3.8, 4) is 0 Å². The van der Waals surface area contributed by atoms with E-state index >= 15 is 0 Å². The number of ether oxygens (including phenoxy) is 1. The van der Waals surface area contributed by atoms with Gasteiger partial charge in [-0.05, 0) is 30.0 Å². The van der Waals surface area contributed by atoms with Crippen molar-refractivity contribution >= 4 is 11.9 Å². The molecule has 2 aromatic rings. The molecule has 0 aliphatic heterocycles. The van der Waals surface area contributed by atoms with Gasteiger partial charge in [0.25, 0.3) is 5.91 Å². The van der Waals surface area contributed by atoms with Crippen LogP contribution in [0.15, 0.2) is 72.8 Å². The van der Waals surface area contributed by atoms with E-state index in [1.165, 1.54) is 7.11 Å². The van der Waals surface area contributed by atoms with E-state index in [9.17, 15) is 9.59 Å². The molecule has 2 aliphatic rings. The Hall–Kier alpha value is -2.88. The zero-order valence-electron chi connectivity index (χ0n) is 14.6. The van der Waals surface area contributed by atoms with Gasteiger partial charge in [-0.25, -0.2) is 4.79 Å². The molecule has 0 radical (unpaired) electrons. The smallest absolute Gasteiger partial charge is 0.332 e. The molecular formula is C22H21NO3. The first-order valence-electron chi connectivity index (χ1n) is 8.86. The van der Waals surface area contributed by atoms with Crippen molar-refractivity contribution in [1.82, 2.24) is 5.32 Å². The van der Waals surface area contributed by atoms with Crippen molar-refractivity contribution in [3.63, 3.8) is 0 Å². The van der Waals surface area contributed by atoms with Gasteiger partial charge < -0.3 is 10.1 Å². The van der Waals surface area contributed by atoms with Gasteiger partial charge in [0.2, 0.25) is 0 Å². The third-order valence-electron chi connectivity index (χ3n) is 5.66. The summed E-state index contributed by atoms with van der Waals surface area (Å²) in [7, 11) is 1.39. The molecule has 1 N–H and O–H groups in total. The Kier molecular flexibility index (Phi) is 4.11. The van der Waals surface area contributed by atoms with E-state index in [4.69, 9.17) is 4.74 Å². The predicted molar refractivity (Wildman–Crippen MR) is 98.6 cm³/mol. The van der Waals surface area contributed by atoms with Crippen molar-refractivity contribution in [2.45, 2.75) is 17.9 Å². The Balaban J connectivity index is 1.79. The molecule has 0 heterocycles. The number of esters is 1. The molecule has 0 unspecified atom stereocenters. The number of methoxy groups -OCH3 is 1. The Morgan fingerprint density at radius 3 is 2.31 bits per heavy atom. The first-order chi connectivity index (χ1) is 12.7. The number of carbonyl (C=O) groups is 2. The second-order valence-electron chi connectivity index (χ2n) is 6.96. The lowest BCUT2D eigenvalue weighted by molar-refractivity contribution is -0.150. The second kappa shape index (κ2) is 6.45. The number of hydrogen-bond donors (Lipinski definition) is 1. The zero-order valence-corrected chi connectivity index (χ0v) is 14.6. The Morgan fingerprint density at radius 2 is 1.65 bits per heavy atom. The molecule has 0 saturated heterocycles. The fourth-order valence-electron chi connectivity index (χ4n) is 4.57. The number of nitrogens with one attached hydrogen (secondary N) is 1. The third-order valence-corrected chi connectivity index (χ3v) is 5.66. The van der Waals surface area contributed by atoms with E-state index in [0.717, 1.165) is 12.0 Å². The molecule has 0 spiro atoms. The van der Waals surface area contributed by atoms with E-state index in [0.29, 0.717) is 5.56 Å². The summed E-state index contributed by atoms with van der Waals surface area (Å²) in [4.78, 5) is 25.9. The molecule has 132 valence electrons. The summed E-state index contributed by atoms with van der Waals surface area (Å²) in [5.74, 6) is -0.639. The van der Waals surface area contributed by atoms with Gasteiger partial charge in [-0.15, -0.1) is 0 Å². The average Bonchev–Trinajstić information content (AvgIpc) is 3.29. The Morgan fingerprint density at radius 1 is 1.00 bits per heavy atom. The van der Waals surface area contributed by atoms with Gasteiger partial charge in [0.15, 0.2) is 5.54 Å².